The zero-order valence-corrected chi connectivity index (χ0v) is 13.2. The number of furan rings is 1. The van der Waals surface area contributed by atoms with E-state index in [1.807, 2.05) is 0 Å². The molecule has 25 heavy (non-hydrogen) atoms. The van der Waals surface area contributed by atoms with E-state index >= 15 is 0 Å². The molecular weight excluding hydrogens is 320 g/mol. The SMILES string of the molecule is N=C(/C=C\C=C/C(=O)c1cccc(C(=O)ON)c1)/C=C/c1ccco1. The van der Waals surface area contributed by atoms with E-state index in [0.29, 0.717) is 11.3 Å². The first-order valence-corrected chi connectivity index (χ1v) is 7.30. The fourth-order valence-corrected chi connectivity index (χ4v) is 1.88. The van der Waals surface area contributed by atoms with Crippen LogP contribution in [0.4, 0.5) is 0 Å². The largest absolute Gasteiger partial charge is 0.465 e. The zero-order chi connectivity index (χ0) is 18.1. The molecule has 2 rings (SSSR count). The number of carbonyl (C=O) groups excluding carboxylic acids is 2. The van der Waals surface area contributed by atoms with Crippen LogP contribution >= 0.6 is 0 Å². The lowest BCUT2D eigenvalue weighted by Crippen LogP contribution is -2.10. The van der Waals surface area contributed by atoms with E-state index < -0.39 is 5.97 Å². The molecular formula is C19H16N2O4. The van der Waals surface area contributed by atoms with Crippen molar-refractivity contribution in [3.63, 3.8) is 0 Å². The van der Waals surface area contributed by atoms with Gasteiger partial charge in [-0.1, -0.05) is 24.3 Å². The van der Waals surface area contributed by atoms with Gasteiger partial charge >= 0.3 is 5.97 Å². The molecule has 0 atom stereocenters. The number of carbonyl (C=O) groups is 2. The maximum atomic E-state index is 12.0. The fourth-order valence-electron chi connectivity index (χ4n) is 1.88. The summed E-state index contributed by atoms with van der Waals surface area (Å²) in [5.41, 5.74) is 0.781. The predicted molar refractivity (Wildman–Crippen MR) is 94.1 cm³/mol. The fraction of sp³-hybridized carbons (Fsp3) is 0. The Morgan fingerprint density at radius 3 is 2.52 bits per heavy atom. The van der Waals surface area contributed by atoms with Crippen molar-refractivity contribution in [2.24, 2.45) is 5.90 Å². The first-order valence-electron chi connectivity index (χ1n) is 7.30. The molecule has 0 aliphatic carbocycles. The van der Waals surface area contributed by atoms with Crippen LogP contribution in [0.5, 0.6) is 0 Å². The Bertz CT molecular complexity index is 846. The minimum atomic E-state index is -0.713. The van der Waals surface area contributed by atoms with Crippen molar-refractivity contribution < 1.29 is 18.8 Å². The van der Waals surface area contributed by atoms with E-state index in [2.05, 4.69) is 4.84 Å². The third kappa shape index (κ3) is 5.56. The summed E-state index contributed by atoms with van der Waals surface area (Å²) in [6.45, 7) is 0. The van der Waals surface area contributed by atoms with Gasteiger partial charge in [0.05, 0.1) is 17.5 Å². The van der Waals surface area contributed by atoms with E-state index in [0.717, 1.165) is 0 Å². The Labute approximate surface area is 144 Å². The van der Waals surface area contributed by atoms with Crippen LogP contribution in [0.3, 0.4) is 0 Å². The summed E-state index contributed by atoms with van der Waals surface area (Å²) < 4.78 is 5.12. The van der Waals surface area contributed by atoms with E-state index in [4.69, 9.17) is 15.7 Å². The highest BCUT2D eigenvalue weighted by atomic mass is 16.7. The number of ketones is 1. The van der Waals surface area contributed by atoms with Crippen molar-refractivity contribution in [1.82, 2.24) is 0 Å². The highest BCUT2D eigenvalue weighted by Gasteiger charge is 2.08. The molecule has 0 aliphatic heterocycles. The molecule has 0 saturated heterocycles. The van der Waals surface area contributed by atoms with Crippen molar-refractivity contribution in [3.8, 4) is 0 Å². The molecule has 0 amide bonds. The minimum Gasteiger partial charge on any atom is -0.465 e. The molecule has 1 aromatic carbocycles. The molecule has 0 unspecified atom stereocenters. The lowest BCUT2D eigenvalue weighted by Gasteiger charge is -2.00. The molecule has 6 heteroatoms. The van der Waals surface area contributed by atoms with Gasteiger partial charge in [-0.15, -0.1) is 0 Å². The molecule has 0 radical (unpaired) electrons. The van der Waals surface area contributed by atoms with Crippen LogP contribution in [0, 0.1) is 5.41 Å². The highest BCUT2D eigenvalue weighted by molar-refractivity contribution is 6.06. The third-order valence-electron chi connectivity index (χ3n) is 3.09. The van der Waals surface area contributed by atoms with Gasteiger partial charge in [-0.25, -0.2) is 4.79 Å². The second kappa shape index (κ2) is 8.95. The first kappa shape index (κ1) is 17.8. The lowest BCUT2D eigenvalue weighted by atomic mass is 10.1. The van der Waals surface area contributed by atoms with E-state index in [-0.39, 0.29) is 17.1 Å². The summed E-state index contributed by atoms with van der Waals surface area (Å²) in [7, 11) is 0. The van der Waals surface area contributed by atoms with Gasteiger partial charge in [-0.3, -0.25) is 4.79 Å². The molecule has 2 aromatic rings. The van der Waals surface area contributed by atoms with Crippen molar-refractivity contribution >= 4 is 23.5 Å². The number of nitrogens with two attached hydrogens (primary N) is 1. The summed E-state index contributed by atoms with van der Waals surface area (Å²) in [6, 6.07) is 9.59. The quantitative estimate of drug-likeness (QED) is 0.265. The second-order valence-corrected chi connectivity index (χ2v) is 4.87. The van der Waals surface area contributed by atoms with Crippen LogP contribution in [0.2, 0.25) is 0 Å². The van der Waals surface area contributed by atoms with Gasteiger partial charge in [0.2, 0.25) is 0 Å². The van der Waals surface area contributed by atoms with Crippen molar-refractivity contribution in [2.45, 2.75) is 0 Å². The Morgan fingerprint density at radius 2 is 1.80 bits per heavy atom. The van der Waals surface area contributed by atoms with Gasteiger partial charge in [0.15, 0.2) is 5.78 Å². The molecule has 0 aliphatic rings. The second-order valence-electron chi connectivity index (χ2n) is 4.87. The lowest BCUT2D eigenvalue weighted by molar-refractivity contribution is 0.0503. The Balaban J connectivity index is 1.94. The van der Waals surface area contributed by atoms with Crippen molar-refractivity contribution in [3.05, 3.63) is 89.9 Å². The zero-order valence-electron chi connectivity index (χ0n) is 13.2. The highest BCUT2D eigenvalue weighted by Crippen LogP contribution is 2.08. The van der Waals surface area contributed by atoms with E-state index in [9.17, 15) is 9.59 Å². The Hall–Kier alpha value is -3.51. The maximum absolute atomic E-state index is 12.0. The molecule has 1 heterocycles. The smallest absolute Gasteiger partial charge is 0.356 e. The molecule has 126 valence electrons. The molecule has 0 fully saturated rings. The van der Waals surface area contributed by atoms with Crippen molar-refractivity contribution in [1.29, 1.82) is 5.41 Å². The number of hydrogen-bond acceptors (Lipinski definition) is 6. The summed E-state index contributed by atoms with van der Waals surface area (Å²) in [5, 5.41) is 7.74. The van der Waals surface area contributed by atoms with Gasteiger partial charge in [0.1, 0.15) is 5.76 Å². The standard InChI is InChI=1S/C19H16N2O4/c20-16(10-11-17-8-4-12-24-17)7-1-2-9-18(22)14-5-3-6-15(13-14)19(23)25-21/h1-13,20H,21H2/b7-1-,9-2-,11-10+,20-16?. The summed E-state index contributed by atoms with van der Waals surface area (Å²) in [4.78, 5) is 27.5. The van der Waals surface area contributed by atoms with Gasteiger partial charge in [-0.2, -0.15) is 5.90 Å². The van der Waals surface area contributed by atoms with Crippen LogP contribution in [-0.4, -0.2) is 17.5 Å². The number of hydrogen-bond donors (Lipinski definition) is 2. The van der Waals surface area contributed by atoms with Crippen LogP contribution in [0.15, 0.2) is 77.5 Å². The van der Waals surface area contributed by atoms with Gasteiger partial charge in [-0.05, 0) is 48.6 Å². The molecule has 1 aromatic heterocycles. The maximum Gasteiger partial charge on any atom is 0.356 e. The predicted octanol–water partition coefficient (Wildman–Crippen LogP) is 3.34. The van der Waals surface area contributed by atoms with Crippen LogP contribution in [-0.2, 0) is 4.84 Å². The normalized spacial score (nSPS) is 11.4. The molecule has 0 saturated carbocycles. The van der Waals surface area contributed by atoms with Crippen LogP contribution < -0.4 is 5.90 Å². The average molecular weight is 336 g/mol. The average Bonchev–Trinajstić information content (AvgIpc) is 3.16. The first-order chi connectivity index (χ1) is 12.1. The monoisotopic (exact) mass is 336 g/mol. The molecule has 0 bridgehead atoms. The van der Waals surface area contributed by atoms with Gasteiger partial charge in [0.25, 0.3) is 0 Å². The Morgan fingerprint density at radius 1 is 1.04 bits per heavy atom. The van der Waals surface area contributed by atoms with E-state index in [1.54, 1.807) is 48.8 Å². The number of nitrogens with one attached hydrogen (secondary N) is 1. The van der Waals surface area contributed by atoms with Crippen LogP contribution in [0.1, 0.15) is 26.5 Å². The van der Waals surface area contributed by atoms with Gasteiger partial charge in [0, 0.05) is 5.56 Å². The van der Waals surface area contributed by atoms with Crippen LogP contribution in [0.25, 0.3) is 6.08 Å². The van der Waals surface area contributed by atoms with Gasteiger partial charge < -0.3 is 14.7 Å². The summed E-state index contributed by atoms with van der Waals surface area (Å²) in [5.74, 6) is 4.48. The topological polar surface area (TPSA) is 106 Å². The van der Waals surface area contributed by atoms with Crippen molar-refractivity contribution in [2.75, 3.05) is 0 Å². The minimum absolute atomic E-state index is 0.196. The van der Waals surface area contributed by atoms with E-state index in [1.165, 1.54) is 30.4 Å². The summed E-state index contributed by atoms with van der Waals surface area (Å²) in [6.07, 6.45) is 10.8. The summed E-state index contributed by atoms with van der Waals surface area (Å²) >= 11 is 0. The number of benzene rings is 1. The number of rotatable bonds is 7. The number of allylic oxidation sites excluding steroid dienone is 5. The molecule has 6 nitrogen and oxygen atoms in total. The Kier molecular flexibility index (Phi) is 6.39. The molecule has 3 N–H and O–H groups in total. The molecule has 0 spiro atoms. The third-order valence-corrected chi connectivity index (χ3v) is 3.09.